The third kappa shape index (κ3) is 7.91. The molecule has 0 spiro atoms. The molecular formula is C24H33ClN2O4S2. The van der Waals surface area contributed by atoms with E-state index in [0.29, 0.717) is 18.7 Å². The van der Waals surface area contributed by atoms with Crippen molar-refractivity contribution < 1.29 is 17.4 Å². The zero-order valence-electron chi connectivity index (χ0n) is 19.7. The molecule has 0 aliphatic rings. The molecular weight excluding hydrogens is 480 g/mol. The quantitative estimate of drug-likeness (QED) is 0.271. The topological polar surface area (TPSA) is 84.8 Å². The highest BCUT2D eigenvalue weighted by Crippen LogP contribution is 2.31. The molecule has 2 aromatic rings. The first-order valence-corrected chi connectivity index (χ1v) is 13.9. The minimum atomic E-state index is -3.86. The second-order valence-corrected chi connectivity index (χ2v) is 12.8. The Morgan fingerprint density at radius 2 is 1.73 bits per heavy atom. The van der Waals surface area contributed by atoms with Gasteiger partial charge in [0.1, 0.15) is 11.0 Å². The van der Waals surface area contributed by atoms with Gasteiger partial charge >= 0.3 is 0 Å². The zero-order valence-corrected chi connectivity index (χ0v) is 22.1. The molecule has 182 valence electrons. The van der Waals surface area contributed by atoms with E-state index < -0.39 is 37.7 Å². The molecule has 2 rings (SSSR count). The van der Waals surface area contributed by atoms with Gasteiger partial charge in [-0.15, -0.1) is 11.6 Å². The van der Waals surface area contributed by atoms with E-state index in [1.54, 1.807) is 30.3 Å². The number of halogens is 1. The third-order valence-electron chi connectivity index (χ3n) is 5.05. The first-order valence-electron chi connectivity index (χ1n) is 10.7. The summed E-state index contributed by atoms with van der Waals surface area (Å²) >= 11 is 5.99. The van der Waals surface area contributed by atoms with Crippen LogP contribution in [-0.4, -0.2) is 36.3 Å². The summed E-state index contributed by atoms with van der Waals surface area (Å²) in [5, 5.41) is 0. The molecule has 1 N–H and O–H groups in total. The van der Waals surface area contributed by atoms with Gasteiger partial charge in [-0.1, -0.05) is 48.0 Å². The SMILES string of the molecule is CO/C(=N\S(=O)C(C)(C)C)[C@H](CCCCl)[C@H](NS(=O)(=O)c1ccccc1)c1ccc(C)cc1. The predicted octanol–water partition coefficient (Wildman–Crippen LogP) is 5.16. The molecule has 0 aliphatic heterocycles. The van der Waals surface area contributed by atoms with Gasteiger partial charge in [0.05, 0.1) is 28.7 Å². The molecule has 0 bridgehead atoms. The number of sulfonamides is 1. The van der Waals surface area contributed by atoms with E-state index >= 15 is 0 Å². The smallest absolute Gasteiger partial charge is 0.241 e. The molecule has 0 saturated carbocycles. The summed E-state index contributed by atoms with van der Waals surface area (Å²) in [6.07, 6.45) is 1.10. The molecule has 2 aromatic carbocycles. The number of benzene rings is 2. The molecule has 0 aliphatic carbocycles. The number of hydrogen-bond donors (Lipinski definition) is 1. The van der Waals surface area contributed by atoms with E-state index in [0.717, 1.165) is 11.1 Å². The fourth-order valence-electron chi connectivity index (χ4n) is 3.20. The van der Waals surface area contributed by atoms with Gasteiger partial charge < -0.3 is 4.74 Å². The van der Waals surface area contributed by atoms with Gasteiger partial charge in [-0.3, -0.25) is 0 Å². The van der Waals surface area contributed by atoms with Crippen molar-refractivity contribution >= 4 is 38.5 Å². The van der Waals surface area contributed by atoms with Crippen LogP contribution in [0.5, 0.6) is 0 Å². The molecule has 0 amide bonds. The molecule has 1 unspecified atom stereocenters. The van der Waals surface area contributed by atoms with Crippen molar-refractivity contribution in [3.8, 4) is 0 Å². The van der Waals surface area contributed by atoms with Crippen molar-refractivity contribution in [2.75, 3.05) is 13.0 Å². The number of ether oxygens (including phenoxy) is 1. The number of nitrogens with zero attached hydrogens (tertiary/aromatic N) is 1. The normalized spacial score (nSPS) is 15.6. The van der Waals surface area contributed by atoms with Crippen LogP contribution in [0.15, 0.2) is 63.9 Å². The maximum Gasteiger partial charge on any atom is 0.241 e. The highest BCUT2D eigenvalue weighted by atomic mass is 35.5. The highest BCUT2D eigenvalue weighted by molar-refractivity contribution is 7.89. The van der Waals surface area contributed by atoms with Crippen molar-refractivity contribution in [2.45, 2.75) is 56.2 Å². The Kier molecular flexibility index (Phi) is 10.1. The van der Waals surface area contributed by atoms with Crippen LogP contribution < -0.4 is 4.72 Å². The average Bonchev–Trinajstić information content (AvgIpc) is 2.77. The monoisotopic (exact) mass is 512 g/mol. The number of aryl methyl sites for hydroxylation is 1. The van der Waals surface area contributed by atoms with Crippen molar-refractivity contribution in [2.24, 2.45) is 10.3 Å². The molecule has 9 heteroatoms. The summed E-state index contributed by atoms with van der Waals surface area (Å²) in [4.78, 5) is 0.160. The molecule has 0 aromatic heterocycles. The van der Waals surface area contributed by atoms with Gasteiger partial charge in [-0.25, -0.2) is 17.3 Å². The maximum atomic E-state index is 13.3. The van der Waals surface area contributed by atoms with Gasteiger partial charge in [0.25, 0.3) is 0 Å². The highest BCUT2D eigenvalue weighted by Gasteiger charge is 2.34. The Balaban J connectivity index is 2.61. The van der Waals surface area contributed by atoms with Crippen LogP contribution in [-0.2, 0) is 25.7 Å². The lowest BCUT2D eigenvalue weighted by molar-refractivity contribution is 0.332. The summed E-state index contributed by atoms with van der Waals surface area (Å²) < 4.78 is 51.6. The lowest BCUT2D eigenvalue weighted by Crippen LogP contribution is -2.38. The molecule has 3 atom stereocenters. The van der Waals surface area contributed by atoms with E-state index in [1.165, 1.54) is 7.11 Å². The summed E-state index contributed by atoms with van der Waals surface area (Å²) in [6, 6.07) is 15.1. The van der Waals surface area contributed by atoms with Gasteiger partial charge in [0.2, 0.25) is 15.9 Å². The Hall–Kier alpha value is -1.74. The van der Waals surface area contributed by atoms with Crippen LogP contribution >= 0.6 is 11.6 Å². The second kappa shape index (κ2) is 12.1. The average molecular weight is 513 g/mol. The zero-order chi connectivity index (χ0) is 24.6. The number of nitrogens with one attached hydrogen (secondary N) is 1. The summed E-state index contributed by atoms with van der Waals surface area (Å²) in [6.45, 7) is 7.43. The second-order valence-electron chi connectivity index (χ2n) is 8.76. The molecule has 0 radical (unpaired) electrons. The van der Waals surface area contributed by atoms with Crippen LogP contribution in [0.25, 0.3) is 0 Å². The fraction of sp³-hybridized carbons (Fsp3) is 0.458. The van der Waals surface area contributed by atoms with E-state index in [2.05, 4.69) is 9.12 Å². The first-order chi connectivity index (χ1) is 15.5. The van der Waals surface area contributed by atoms with Crippen LogP contribution in [0.1, 0.15) is 50.8 Å². The third-order valence-corrected chi connectivity index (χ3v) is 8.16. The van der Waals surface area contributed by atoms with Gasteiger partial charge in [-0.2, -0.15) is 4.40 Å². The number of hydrogen-bond acceptors (Lipinski definition) is 4. The predicted molar refractivity (Wildman–Crippen MR) is 136 cm³/mol. The number of methoxy groups -OCH3 is 1. The largest absolute Gasteiger partial charge is 0.483 e. The Labute approximate surface area is 205 Å². The minimum absolute atomic E-state index is 0.160. The van der Waals surface area contributed by atoms with Crippen molar-refractivity contribution in [1.82, 2.24) is 4.72 Å². The molecule has 33 heavy (non-hydrogen) atoms. The van der Waals surface area contributed by atoms with Crippen LogP contribution in [0, 0.1) is 12.8 Å². The van der Waals surface area contributed by atoms with E-state index in [9.17, 15) is 12.6 Å². The standard InChI is InChI=1S/C24H33ClN2O4S2/c1-18-13-15-19(16-14-18)22(27-33(29,30)20-10-7-6-8-11-20)21(12-9-17-25)23(31-5)26-32(28)24(2,3)4/h6-8,10-11,13-16,21-22,27H,9,12,17H2,1-5H3/b26-23-/t21-,22-,32?/m1/s1. The Bertz CT molecular complexity index is 1050. The van der Waals surface area contributed by atoms with Crippen LogP contribution in [0.4, 0.5) is 0 Å². The number of alkyl halides is 1. The molecule has 0 heterocycles. The van der Waals surface area contributed by atoms with Crippen LogP contribution in [0.3, 0.4) is 0 Å². The van der Waals surface area contributed by atoms with Crippen molar-refractivity contribution in [1.29, 1.82) is 0 Å². The Morgan fingerprint density at radius 1 is 1.12 bits per heavy atom. The lowest BCUT2D eigenvalue weighted by atomic mass is 9.89. The number of rotatable bonds is 10. The molecule has 0 fully saturated rings. The van der Waals surface area contributed by atoms with Gasteiger partial charge in [-0.05, 0) is 58.2 Å². The molecule has 6 nitrogen and oxygen atoms in total. The minimum Gasteiger partial charge on any atom is -0.483 e. The van der Waals surface area contributed by atoms with Crippen LogP contribution in [0.2, 0.25) is 0 Å². The van der Waals surface area contributed by atoms with Gasteiger partial charge in [0, 0.05) is 5.88 Å². The van der Waals surface area contributed by atoms with Crippen molar-refractivity contribution in [3.05, 3.63) is 65.7 Å². The lowest BCUT2D eigenvalue weighted by Gasteiger charge is -2.29. The Morgan fingerprint density at radius 3 is 2.24 bits per heavy atom. The molecule has 0 saturated heterocycles. The summed E-state index contributed by atoms with van der Waals surface area (Å²) in [5.41, 5.74) is 1.81. The first kappa shape index (κ1) is 27.5. The summed E-state index contributed by atoms with van der Waals surface area (Å²) in [7, 11) is -3.97. The van der Waals surface area contributed by atoms with E-state index in [-0.39, 0.29) is 10.8 Å². The fourth-order valence-corrected chi connectivity index (χ4v) is 5.28. The van der Waals surface area contributed by atoms with E-state index in [1.807, 2.05) is 52.0 Å². The summed E-state index contributed by atoms with van der Waals surface area (Å²) in [5.74, 6) is 0.109. The maximum absolute atomic E-state index is 13.3. The van der Waals surface area contributed by atoms with Gasteiger partial charge in [0.15, 0.2) is 0 Å². The van der Waals surface area contributed by atoms with Crippen molar-refractivity contribution in [3.63, 3.8) is 0 Å². The van der Waals surface area contributed by atoms with E-state index in [4.69, 9.17) is 16.3 Å².